The van der Waals surface area contributed by atoms with Crippen LogP contribution in [0.25, 0.3) is 0 Å². The highest BCUT2D eigenvalue weighted by Gasteiger charge is 2.35. The predicted molar refractivity (Wildman–Crippen MR) is 101 cm³/mol. The van der Waals surface area contributed by atoms with E-state index in [1.807, 2.05) is 0 Å². The standard InChI is InChI=1S/C18H15Cl2F3N2O3/c1-9(28-16-6-3-11(19)7-14(16)20)17(27)25-15-5-4-12(24-10(2)26)8-13(15)18(21,22)23/h3-9H,1-2H3,(H,24,26)(H,25,27). The number of amides is 2. The van der Waals surface area contributed by atoms with E-state index in [0.717, 1.165) is 12.1 Å². The van der Waals surface area contributed by atoms with Crippen LogP contribution >= 0.6 is 23.2 Å². The van der Waals surface area contributed by atoms with Crippen molar-refractivity contribution in [3.63, 3.8) is 0 Å². The molecule has 1 atom stereocenters. The molecule has 0 aliphatic heterocycles. The monoisotopic (exact) mass is 434 g/mol. The molecule has 2 N–H and O–H groups in total. The van der Waals surface area contributed by atoms with Gasteiger partial charge in [0.2, 0.25) is 5.91 Å². The third kappa shape index (κ3) is 5.77. The number of anilines is 2. The van der Waals surface area contributed by atoms with Crippen LogP contribution in [0.15, 0.2) is 36.4 Å². The third-order valence-corrected chi connectivity index (χ3v) is 4.00. The normalized spacial score (nSPS) is 12.2. The number of alkyl halides is 3. The van der Waals surface area contributed by atoms with Gasteiger partial charge in [0, 0.05) is 17.6 Å². The van der Waals surface area contributed by atoms with Crippen molar-refractivity contribution in [3.05, 3.63) is 52.0 Å². The summed E-state index contributed by atoms with van der Waals surface area (Å²) in [5, 5.41) is 4.96. The summed E-state index contributed by atoms with van der Waals surface area (Å²) in [7, 11) is 0. The Kier molecular flexibility index (Phi) is 6.79. The maximum absolute atomic E-state index is 13.3. The molecule has 0 aliphatic rings. The highest BCUT2D eigenvalue weighted by Crippen LogP contribution is 2.37. The number of rotatable bonds is 5. The van der Waals surface area contributed by atoms with Crippen molar-refractivity contribution in [2.45, 2.75) is 26.1 Å². The van der Waals surface area contributed by atoms with Gasteiger partial charge in [-0.05, 0) is 43.3 Å². The molecule has 2 amide bonds. The summed E-state index contributed by atoms with van der Waals surface area (Å²) in [5.74, 6) is -1.18. The predicted octanol–water partition coefficient (Wildman–Crippen LogP) is 5.38. The molecule has 2 aromatic carbocycles. The van der Waals surface area contributed by atoms with Crippen LogP contribution < -0.4 is 15.4 Å². The first kappa shape index (κ1) is 21.8. The summed E-state index contributed by atoms with van der Waals surface area (Å²) < 4.78 is 45.4. The smallest absolute Gasteiger partial charge is 0.418 e. The van der Waals surface area contributed by atoms with E-state index in [-0.39, 0.29) is 16.5 Å². The molecule has 1 unspecified atom stereocenters. The Hall–Kier alpha value is -2.45. The molecular weight excluding hydrogens is 420 g/mol. The largest absolute Gasteiger partial charge is 0.479 e. The number of halogens is 5. The number of ether oxygens (including phenoxy) is 1. The lowest BCUT2D eigenvalue weighted by Crippen LogP contribution is -2.31. The molecule has 0 spiro atoms. The number of hydrogen-bond acceptors (Lipinski definition) is 3. The summed E-state index contributed by atoms with van der Waals surface area (Å²) in [6.45, 7) is 2.53. The van der Waals surface area contributed by atoms with Crippen LogP contribution in [0.3, 0.4) is 0 Å². The minimum atomic E-state index is -4.75. The number of hydrogen-bond donors (Lipinski definition) is 2. The molecule has 2 aromatic rings. The van der Waals surface area contributed by atoms with Gasteiger partial charge >= 0.3 is 6.18 Å². The van der Waals surface area contributed by atoms with E-state index in [1.54, 1.807) is 0 Å². The van der Waals surface area contributed by atoms with Gasteiger partial charge in [0.15, 0.2) is 6.10 Å². The van der Waals surface area contributed by atoms with E-state index < -0.39 is 35.3 Å². The first-order chi connectivity index (χ1) is 13.0. The topological polar surface area (TPSA) is 67.4 Å². The van der Waals surface area contributed by atoms with Gasteiger partial charge < -0.3 is 15.4 Å². The highest BCUT2D eigenvalue weighted by atomic mass is 35.5. The van der Waals surface area contributed by atoms with Gasteiger partial charge in [-0.25, -0.2) is 0 Å². The number of carbonyl (C=O) groups excluding carboxylic acids is 2. The molecule has 5 nitrogen and oxygen atoms in total. The van der Waals surface area contributed by atoms with Gasteiger partial charge in [0.1, 0.15) is 5.75 Å². The van der Waals surface area contributed by atoms with E-state index in [2.05, 4.69) is 10.6 Å². The molecular formula is C18H15Cl2F3N2O3. The molecule has 2 rings (SSSR count). The lowest BCUT2D eigenvalue weighted by atomic mass is 10.1. The lowest BCUT2D eigenvalue weighted by Gasteiger charge is -2.19. The second-order valence-electron chi connectivity index (χ2n) is 5.76. The minimum absolute atomic E-state index is 0.0462. The van der Waals surface area contributed by atoms with Crippen LogP contribution in [0.4, 0.5) is 24.5 Å². The van der Waals surface area contributed by atoms with Crippen molar-refractivity contribution in [1.29, 1.82) is 0 Å². The van der Waals surface area contributed by atoms with Gasteiger partial charge in [-0.15, -0.1) is 0 Å². The van der Waals surface area contributed by atoms with Crippen LogP contribution in [0.2, 0.25) is 10.0 Å². The Labute approximate surface area is 168 Å². The van der Waals surface area contributed by atoms with Gasteiger partial charge in [-0.3, -0.25) is 9.59 Å². The lowest BCUT2D eigenvalue weighted by molar-refractivity contribution is -0.137. The Morgan fingerprint density at radius 3 is 2.32 bits per heavy atom. The van der Waals surface area contributed by atoms with Gasteiger partial charge in [-0.2, -0.15) is 13.2 Å². The fourth-order valence-electron chi connectivity index (χ4n) is 2.22. The SMILES string of the molecule is CC(=O)Nc1ccc(NC(=O)C(C)Oc2ccc(Cl)cc2Cl)c(C(F)(F)F)c1. The summed E-state index contributed by atoms with van der Waals surface area (Å²) in [6, 6.07) is 7.37. The molecule has 0 heterocycles. The molecule has 28 heavy (non-hydrogen) atoms. The zero-order chi connectivity index (χ0) is 21.1. The molecule has 10 heteroatoms. The van der Waals surface area contributed by atoms with Gasteiger partial charge in [-0.1, -0.05) is 23.2 Å². The van der Waals surface area contributed by atoms with E-state index in [0.29, 0.717) is 5.02 Å². The average Bonchev–Trinajstić information content (AvgIpc) is 2.57. The third-order valence-electron chi connectivity index (χ3n) is 3.47. The fraction of sp³-hybridized carbons (Fsp3) is 0.222. The van der Waals surface area contributed by atoms with Crippen molar-refractivity contribution in [2.75, 3.05) is 10.6 Å². The second kappa shape index (κ2) is 8.70. The first-order valence-corrected chi connectivity index (χ1v) is 8.64. The second-order valence-corrected chi connectivity index (χ2v) is 6.61. The van der Waals surface area contributed by atoms with E-state index >= 15 is 0 Å². The number of carbonyl (C=O) groups is 2. The first-order valence-electron chi connectivity index (χ1n) is 7.89. The van der Waals surface area contributed by atoms with Crippen molar-refractivity contribution in [1.82, 2.24) is 0 Å². The molecule has 0 bridgehead atoms. The van der Waals surface area contributed by atoms with Gasteiger partial charge in [0.25, 0.3) is 5.91 Å². The minimum Gasteiger partial charge on any atom is -0.479 e. The van der Waals surface area contributed by atoms with Crippen LogP contribution in [0, 0.1) is 0 Å². The molecule has 0 radical (unpaired) electrons. The summed E-state index contributed by atoms with van der Waals surface area (Å²) >= 11 is 11.7. The van der Waals surface area contributed by atoms with Crippen molar-refractivity contribution in [3.8, 4) is 5.75 Å². The zero-order valence-electron chi connectivity index (χ0n) is 14.7. The fourth-order valence-corrected chi connectivity index (χ4v) is 2.67. The van der Waals surface area contributed by atoms with E-state index in [4.69, 9.17) is 27.9 Å². The van der Waals surface area contributed by atoms with Crippen LogP contribution in [-0.4, -0.2) is 17.9 Å². The molecule has 150 valence electrons. The number of benzene rings is 2. The Morgan fingerprint density at radius 2 is 1.75 bits per heavy atom. The van der Waals surface area contributed by atoms with E-state index in [1.165, 1.54) is 38.1 Å². The van der Waals surface area contributed by atoms with Crippen LogP contribution in [0.5, 0.6) is 5.75 Å². The van der Waals surface area contributed by atoms with Crippen molar-refractivity contribution in [2.24, 2.45) is 0 Å². The van der Waals surface area contributed by atoms with Crippen LogP contribution in [-0.2, 0) is 15.8 Å². The molecule has 0 aliphatic carbocycles. The maximum atomic E-state index is 13.3. The summed E-state index contributed by atoms with van der Waals surface area (Å²) in [5.41, 5.74) is -1.62. The molecule has 0 saturated carbocycles. The Morgan fingerprint density at radius 1 is 1.07 bits per heavy atom. The Balaban J connectivity index is 2.20. The summed E-state index contributed by atoms with van der Waals surface area (Å²) in [6.07, 6.45) is -5.89. The zero-order valence-corrected chi connectivity index (χ0v) is 16.2. The van der Waals surface area contributed by atoms with Crippen LogP contribution in [0.1, 0.15) is 19.4 Å². The van der Waals surface area contributed by atoms with Gasteiger partial charge in [0.05, 0.1) is 16.3 Å². The summed E-state index contributed by atoms with van der Waals surface area (Å²) in [4.78, 5) is 23.3. The molecule has 0 saturated heterocycles. The number of nitrogens with one attached hydrogen (secondary N) is 2. The maximum Gasteiger partial charge on any atom is 0.418 e. The highest BCUT2D eigenvalue weighted by molar-refractivity contribution is 6.35. The molecule has 0 fully saturated rings. The quantitative estimate of drug-likeness (QED) is 0.663. The Bertz CT molecular complexity index is 904. The van der Waals surface area contributed by atoms with Crippen molar-refractivity contribution >= 4 is 46.4 Å². The van der Waals surface area contributed by atoms with Crippen molar-refractivity contribution < 1.29 is 27.5 Å². The van der Waals surface area contributed by atoms with E-state index in [9.17, 15) is 22.8 Å². The average molecular weight is 435 g/mol. The molecule has 0 aromatic heterocycles.